The largest absolute Gasteiger partial charge is 0.298 e. The predicted molar refractivity (Wildman–Crippen MR) is 65.5 cm³/mol. The van der Waals surface area contributed by atoms with Crippen molar-refractivity contribution in [2.75, 3.05) is 0 Å². The molecule has 2 nitrogen and oxygen atoms in total. The highest BCUT2D eigenvalue weighted by molar-refractivity contribution is 9.10. The third-order valence-corrected chi connectivity index (χ3v) is 5.63. The number of rotatable bonds is 0. The molecule has 4 atom stereocenters. The lowest BCUT2D eigenvalue weighted by atomic mass is 9.59. The van der Waals surface area contributed by atoms with Crippen LogP contribution in [0.3, 0.4) is 0 Å². The maximum Gasteiger partial charge on any atom is 0.152 e. The van der Waals surface area contributed by atoms with Crippen LogP contribution in [0.25, 0.3) is 0 Å². The Labute approximate surface area is 106 Å². The lowest BCUT2D eigenvalue weighted by Crippen LogP contribution is -2.51. The maximum absolute atomic E-state index is 12.2. The van der Waals surface area contributed by atoms with Gasteiger partial charge in [-0.1, -0.05) is 38.8 Å². The van der Waals surface area contributed by atoms with E-state index in [1.165, 1.54) is 0 Å². The quantitative estimate of drug-likeness (QED) is 0.637. The number of halogens is 2. The van der Waals surface area contributed by atoms with E-state index in [0.717, 1.165) is 12.8 Å². The summed E-state index contributed by atoms with van der Waals surface area (Å²) in [6.07, 6.45) is 3.10. The second-order valence-electron chi connectivity index (χ2n) is 4.87. The Bertz CT molecular complexity index is 316. The minimum atomic E-state index is -0.297. The van der Waals surface area contributed by atoms with Crippen LogP contribution in [-0.4, -0.2) is 21.2 Å². The van der Waals surface area contributed by atoms with Crippen molar-refractivity contribution < 1.29 is 9.59 Å². The van der Waals surface area contributed by atoms with E-state index in [1.807, 2.05) is 6.92 Å². The van der Waals surface area contributed by atoms with Gasteiger partial charge < -0.3 is 0 Å². The van der Waals surface area contributed by atoms with E-state index in [4.69, 9.17) is 0 Å². The molecule has 2 rings (SSSR count). The number of hydrogen-bond donors (Lipinski definition) is 0. The Hall–Kier alpha value is 0.300. The van der Waals surface area contributed by atoms with Gasteiger partial charge in [0.25, 0.3) is 0 Å². The highest BCUT2D eigenvalue weighted by Gasteiger charge is 2.51. The maximum atomic E-state index is 12.2. The van der Waals surface area contributed by atoms with Gasteiger partial charge in [0.1, 0.15) is 5.78 Å². The van der Waals surface area contributed by atoms with E-state index in [9.17, 15) is 9.59 Å². The van der Waals surface area contributed by atoms with Gasteiger partial charge in [-0.25, -0.2) is 0 Å². The van der Waals surface area contributed by atoms with Crippen LogP contribution in [0.5, 0.6) is 0 Å². The van der Waals surface area contributed by atoms with Crippen LogP contribution in [0.15, 0.2) is 0 Å². The monoisotopic (exact) mass is 336 g/mol. The Balaban J connectivity index is 2.28. The second-order valence-corrected chi connectivity index (χ2v) is 7.08. The molecule has 4 heteroatoms. The molecule has 0 radical (unpaired) electrons. The van der Waals surface area contributed by atoms with Crippen LogP contribution in [-0.2, 0) is 9.59 Å². The summed E-state index contributed by atoms with van der Waals surface area (Å²) >= 11 is 6.82. The molecule has 0 N–H and O–H groups in total. The molecule has 2 unspecified atom stereocenters. The van der Waals surface area contributed by atoms with Gasteiger partial charge in [-0.2, -0.15) is 0 Å². The summed E-state index contributed by atoms with van der Waals surface area (Å²) in [5.41, 5.74) is -0.297. The molecular weight excluding hydrogens is 324 g/mol. The third-order valence-electron chi connectivity index (χ3n) is 3.92. The summed E-state index contributed by atoms with van der Waals surface area (Å²) in [5, 5.41) is 0. The molecule has 2 aliphatic carbocycles. The molecule has 2 saturated carbocycles. The summed E-state index contributed by atoms with van der Waals surface area (Å²) < 4.78 is 0. The standard InChI is InChI=1S/C11H14Br2O2/c1-11-5-8(13)9(14)4-6(11)2-3-7(12)10(11)15/h6-8H,2-5H2,1H3/t6-,7?,8?,11+/m1/s1. The normalized spacial score (nSPS) is 46.5. The fourth-order valence-electron chi connectivity index (χ4n) is 2.81. The van der Waals surface area contributed by atoms with Gasteiger partial charge in [0.15, 0.2) is 5.78 Å². The Morgan fingerprint density at radius 2 is 1.87 bits per heavy atom. The SMILES string of the molecule is C[C@]12CC(Br)C(=O)C[C@H]1CCC(Br)C2=O. The first-order valence-electron chi connectivity index (χ1n) is 5.30. The van der Waals surface area contributed by atoms with Crippen LogP contribution < -0.4 is 0 Å². The number of carbonyl (C=O) groups excluding carboxylic acids is 2. The number of fused-ring (bicyclic) bond motifs is 1. The summed E-state index contributed by atoms with van der Waals surface area (Å²) in [5.74, 6) is 0.814. The van der Waals surface area contributed by atoms with Crippen molar-refractivity contribution in [1.82, 2.24) is 0 Å². The summed E-state index contributed by atoms with van der Waals surface area (Å²) in [6, 6.07) is 0. The molecule has 0 saturated heterocycles. The Morgan fingerprint density at radius 3 is 2.53 bits per heavy atom. The lowest BCUT2D eigenvalue weighted by Gasteiger charge is -2.46. The van der Waals surface area contributed by atoms with E-state index >= 15 is 0 Å². The molecule has 0 bridgehead atoms. The molecule has 0 heterocycles. The first kappa shape index (κ1) is 11.8. The summed E-state index contributed by atoms with van der Waals surface area (Å²) in [4.78, 5) is 23.6. The molecule has 2 aliphatic rings. The molecule has 0 spiro atoms. The van der Waals surface area contributed by atoms with Crippen molar-refractivity contribution in [2.24, 2.45) is 11.3 Å². The van der Waals surface area contributed by atoms with Crippen LogP contribution in [0.4, 0.5) is 0 Å². The van der Waals surface area contributed by atoms with Crippen LogP contribution in [0.2, 0.25) is 0 Å². The first-order valence-corrected chi connectivity index (χ1v) is 7.13. The molecular formula is C11H14Br2O2. The van der Waals surface area contributed by atoms with Crippen molar-refractivity contribution >= 4 is 43.4 Å². The van der Waals surface area contributed by atoms with Gasteiger partial charge in [-0.15, -0.1) is 0 Å². The Kier molecular flexibility index (Phi) is 3.10. The molecule has 84 valence electrons. The average molecular weight is 338 g/mol. The number of alkyl halides is 2. The lowest BCUT2D eigenvalue weighted by molar-refractivity contribution is -0.139. The second kappa shape index (κ2) is 3.95. The molecule has 2 fully saturated rings. The topological polar surface area (TPSA) is 34.1 Å². The van der Waals surface area contributed by atoms with Gasteiger partial charge in [-0.05, 0) is 25.2 Å². The van der Waals surface area contributed by atoms with Gasteiger partial charge in [0, 0.05) is 11.8 Å². The summed E-state index contributed by atoms with van der Waals surface area (Å²) in [6.45, 7) is 2.02. The van der Waals surface area contributed by atoms with Crippen LogP contribution in [0.1, 0.15) is 32.6 Å². The smallest absolute Gasteiger partial charge is 0.152 e. The molecule has 0 aromatic heterocycles. The summed E-state index contributed by atoms with van der Waals surface area (Å²) in [7, 11) is 0. The molecule has 15 heavy (non-hydrogen) atoms. The molecule has 0 aromatic carbocycles. The predicted octanol–water partition coefficient (Wildman–Crippen LogP) is 2.86. The average Bonchev–Trinajstić information content (AvgIpc) is 2.18. The molecule has 0 aromatic rings. The van der Waals surface area contributed by atoms with Gasteiger partial charge in [0.2, 0.25) is 0 Å². The highest BCUT2D eigenvalue weighted by Crippen LogP contribution is 2.49. The van der Waals surface area contributed by atoms with Crippen molar-refractivity contribution in [1.29, 1.82) is 0 Å². The van der Waals surface area contributed by atoms with E-state index in [1.54, 1.807) is 0 Å². The fourth-order valence-corrected chi connectivity index (χ4v) is 4.45. The zero-order chi connectivity index (χ0) is 11.2. The van der Waals surface area contributed by atoms with Crippen molar-refractivity contribution in [3.63, 3.8) is 0 Å². The van der Waals surface area contributed by atoms with Crippen molar-refractivity contribution in [3.8, 4) is 0 Å². The number of ketones is 2. The van der Waals surface area contributed by atoms with Crippen LogP contribution >= 0.6 is 31.9 Å². The minimum absolute atomic E-state index is 0.00773. The van der Waals surface area contributed by atoms with Crippen LogP contribution in [0, 0.1) is 11.3 Å². The van der Waals surface area contributed by atoms with Crippen molar-refractivity contribution in [2.45, 2.75) is 42.3 Å². The third kappa shape index (κ3) is 1.84. The Morgan fingerprint density at radius 1 is 1.20 bits per heavy atom. The zero-order valence-electron chi connectivity index (χ0n) is 8.63. The first-order chi connectivity index (χ1) is 6.95. The van der Waals surface area contributed by atoms with Gasteiger partial charge in [-0.3, -0.25) is 9.59 Å². The minimum Gasteiger partial charge on any atom is -0.298 e. The van der Waals surface area contributed by atoms with E-state index in [0.29, 0.717) is 12.8 Å². The van der Waals surface area contributed by atoms with E-state index in [2.05, 4.69) is 31.9 Å². The molecule has 0 aliphatic heterocycles. The molecule has 0 amide bonds. The number of Topliss-reactive ketones (excluding diaryl/α,β-unsaturated/α-hetero) is 2. The van der Waals surface area contributed by atoms with E-state index < -0.39 is 0 Å². The van der Waals surface area contributed by atoms with Gasteiger partial charge >= 0.3 is 0 Å². The van der Waals surface area contributed by atoms with E-state index in [-0.39, 0.29) is 32.6 Å². The number of carbonyl (C=O) groups is 2. The fraction of sp³-hybridized carbons (Fsp3) is 0.818. The highest BCUT2D eigenvalue weighted by atomic mass is 79.9. The van der Waals surface area contributed by atoms with Gasteiger partial charge in [0.05, 0.1) is 9.65 Å². The zero-order valence-corrected chi connectivity index (χ0v) is 11.8. The van der Waals surface area contributed by atoms with Crippen molar-refractivity contribution in [3.05, 3.63) is 0 Å². The number of hydrogen-bond acceptors (Lipinski definition) is 2.